The van der Waals surface area contributed by atoms with Crippen molar-refractivity contribution in [3.63, 3.8) is 0 Å². The summed E-state index contributed by atoms with van der Waals surface area (Å²) in [6.45, 7) is 5.71. The number of likely N-dealkylation sites (tertiary alicyclic amines) is 1. The molecule has 0 bridgehead atoms. The van der Waals surface area contributed by atoms with Gasteiger partial charge in [-0.15, -0.1) is 11.3 Å². The molecule has 2 rings (SSSR count). The average Bonchev–Trinajstić information content (AvgIpc) is 2.87. The number of rotatable bonds is 4. The molecule has 0 radical (unpaired) electrons. The highest BCUT2D eigenvalue weighted by molar-refractivity contribution is 7.79. The van der Waals surface area contributed by atoms with E-state index in [0.29, 0.717) is 0 Å². The van der Waals surface area contributed by atoms with E-state index in [-0.39, 0.29) is 0 Å². The third kappa shape index (κ3) is 2.74. The van der Waals surface area contributed by atoms with E-state index in [1.807, 2.05) is 11.3 Å². The monoisotopic (exact) mass is 242 g/mol. The van der Waals surface area contributed by atoms with E-state index in [0.717, 1.165) is 18.7 Å². The molecule has 1 saturated heterocycles. The maximum atomic E-state index is 4.69. The molecule has 1 aliphatic rings. The van der Waals surface area contributed by atoms with Crippen molar-refractivity contribution >= 4 is 24.0 Å². The summed E-state index contributed by atoms with van der Waals surface area (Å²) in [6.07, 6.45) is 3.74. The van der Waals surface area contributed by atoms with Crippen molar-refractivity contribution < 1.29 is 0 Å². The minimum Gasteiger partial charge on any atom is -0.297 e. The van der Waals surface area contributed by atoms with Crippen molar-refractivity contribution in [2.75, 3.05) is 13.1 Å². The smallest absolute Gasteiger partial charge is 0.107 e. The standard InChI is InChI=1S/C11H18N2S2/c1-2-9-10(8-14)15-11(12-9)7-13-5-3-4-6-13/h14H,2-8H2,1H3. The van der Waals surface area contributed by atoms with Gasteiger partial charge in [0.1, 0.15) is 5.01 Å². The van der Waals surface area contributed by atoms with Gasteiger partial charge >= 0.3 is 0 Å². The molecule has 0 N–H and O–H groups in total. The van der Waals surface area contributed by atoms with Crippen LogP contribution in [-0.2, 0) is 18.7 Å². The molecule has 1 fully saturated rings. The first kappa shape index (κ1) is 11.4. The molecular weight excluding hydrogens is 224 g/mol. The van der Waals surface area contributed by atoms with Gasteiger partial charge in [0.25, 0.3) is 0 Å². The molecular formula is C11H18N2S2. The van der Waals surface area contributed by atoms with E-state index in [4.69, 9.17) is 4.98 Å². The van der Waals surface area contributed by atoms with Gasteiger partial charge in [0.2, 0.25) is 0 Å². The highest BCUT2D eigenvalue weighted by Crippen LogP contribution is 2.23. The van der Waals surface area contributed by atoms with Gasteiger partial charge in [0.15, 0.2) is 0 Å². The lowest BCUT2D eigenvalue weighted by Gasteiger charge is -2.11. The molecule has 0 aromatic carbocycles. The van der Waals surface area contributed by atoms with Crippen molar-refractivity contribution in [1.82, 2.24) is 9.88 Å². The molecule has 2 nitrogen and oxygen atoms in total. The Balaban J connectivity index is 2.04. The van der Waals surface area contributed by atoms with E-state index in [1.165, 1.54) is 41.5 Å². The molecule has 0 atom stereocenters. The van der Waals surface area contributed by atoms with Crippen LogP contribution in [0.1, 0.15) is 35.3 Å². The van der Waals surface area contributed by atoms with Crippen LogP contribution in [0, 0.1) is 0 Å². The molecule has 1 aromatic heterocycles. The summed E-state index contributed by atoms with van der Waals surface area (Å²) < 4.78 is 0. The van der Waals surface area contributed by atoms with Gasteiger partial charge in [-0.25, -0.2) is 4.98 Å². The van der Waals surface area contributed by atoms with Crippen LogP contribution in [0.15, 0.2) is 0 Å². The fourth-order valence-corrected chi connectivity index (χ4v) is 3.47. The first-order valence-electron chi connectivity index (χ1n) is 5.64. The zero-order valence-corrected chi connectivity index (χ0v) is 10.9. The molecule has 15 heavy (non-hydrogen) atoms. The van der Waals surface area contributed by atoms with E-state index < -0.39 is 0 Å². The van der Waals surface area contributed by atoms with Crippen LogP contribution in [0.4, 0.5) is 0 Å². The first-order valence-corrected chi connectivity index (χ1v) is 7.09. The van der Waals surface area contributed by atoms with E-state index >= 15 is 0 Å². The third-order valence-corrected chi connectivity index (χ3v) is 4.47. The van der Waals surface area contributed by atoms with Crippen LogP contribution in [0.2, 0.25) is 0 Å². The molecule has 0 unspecified atom stereocenters. The predicted molar refractivity (Wildman–Crippen MR) is 68.7 cm³/mol. The molecule has 0 spiro atoms. The molecule has 0 aliphatic carbocycles. The van der Waals surface area contributed by atoms with Gasteiger partial charge in [-0.1, -0.05) is 6.92 Å². The Bertz CT molecular complexity index is 295. The Morgan fingerprint density at radius 3 is 2.67 bits per heavy atom. The normalized spacial score (nSPS) is 17.5. The summed E-state index contributed by atoms with van der Waals surface area (Å²) in [6, 6.07) is 0. The predicted octanol–water partition coefficient (Wildman–Crippen LogP) is 2.73. The second-order valence-corrected chi connectivity index (χ2v) is 5.46. The lowest BCUT2D eigenvalue weighted by Crippen LogP contribution is -2.18. The van der Waals surface area contributed by atoms with Gasteiger partial charge in [-0.3, -0.25) is 4.90 Å². The van der Waals surface area contributed by atoms with Crippen molar-refractivity contribution in [1.29, 1.82) is 0 Å². The summed E-state index contributed by atoms with van der Waals surface area (Å²) in [4.78, 5) is 8.55. The van der Waals surface area contributed by atoms with Crippen LogP contribution >= 0.6 is 24.0 Å². The Morgan fingerprint density at radius 1 is 1.40 bits per heavy atom. The lowest BCUT2D eigenvalue weighted by atomic mass is 10.3. The van der Waals surface area contributed by atoms with Crippen molar-refractivity contribution in [3.05, 3.63) is 15.6 Å². The Kier molecular flexibility index (Phi) is 4.05. The number of nitrogens with zero attached hydrogens (tertiary/aromatic N) is 2. The molecule has 1 aliphatic heterocycles. The summed E-state index contributed by atoms with van der Waals surface area (Å²) in [5.74, 6) is 0.834. The van der Waals surface area contributed by atoms with Crippen LogP contribution in [0.5, 0.6) is 0 Å². The van der Waals surface area contributed by atoms with Crippen molar-refractivity contribution in [3.8, 4) is 0 Å². The van der Waals surface area contributed by atoms with Gasteiger partial charge in [0.05, 0.1) is 12.2 Å². The van der Waals surface area contributed by atoms with Crippen LogP contribution < -0.4 is 0 Å². The number of aryl methyl sites for hydroxylation is 1. The molecule has 1 aromatic rings. The Labute approximate surface area is 101 Å². The van der Waals surface area contributed by atoms with Crippen LogP contribution in [-0.4, -0.2) is 23.0 Å². The fourth-order valence-electron chi connectivity index (χ4n) is 2.04. The molecule has 2 heterocycles. The number of hydrogen-bond acceptors (Lipinski definition) is 4. The van der Waals surface area contributed by atoms with Gasteiger partial charge in [0, 0.05) is 10.6 Å². The average molecular weight is 242 g/mol. The van der Waals surface area contributed by atoms with Gasteiger partial charge < -0.3 is 0 Å². The summed E-state index contributed by atoms with van der Waals surface area (Å²) in [7, 11) is 0. The van der Waals surface area contributed by atoms with Crippen molar-refractivity contribution in [2.24, 2.45) is 0 Å². The maximum Gasteiger partial charge on any atom is 0.107 e. The zero-order chi connectivity index (χ0) is 10.7. The Hall–Kier alpha value is -0.0600. The maximum absolute atomic E-state index is 4.69. The second-order valence-electron chi connectivity index (χ2n) is 3.97. The molecule has 84 valence electrons. The number of thiol groups is 1. The van der Waals surface area contributed by atoms with E-state index in [1.54, 1.807) is 0 Å². The molecule has 0 saturated carbocycles. The summed E-state index contributed by atoms with van der Waals surface area (Å²) >= 11 is 6.19. The number of aromatic nitrogens is 1. The van der Waals surface area contributed by atoms with Crippen LogP contribution in [0.3, 0.4) is 0 Å². The second kappa shape index (κ2) is 5.32. The molecule has 4 heteroatoms. The van der Waals surface area contributed by atoms with Gasteiger partial charge in [-0.05, 0) is 32.4 Å². The highest BCUT2D eigenvalue weighted by Gasteiger charge is 2.15. The summed E-state index contributed by atoms with van der Waals surface area (Å²) in [5.41, 5.74) is 1.25. The van der Waals surface area contributed by atoms with Gasteiger partial charge in [-0.2, -0.15) is 12.6 Å². The highest BCUT2D eigenvalue weighted by atomic mass is 32.1. The zero-order valence-electron chi connectivity index (χ0n) is 9.20. The largest absolute Gasteiger partial charge is 0.297 e. The topological polar surface area (TPSA) is 16.1 Å². The SMILES string of the molecule is CCc1nc(CN2CCCC2)sc1CS. The number of hydrogen-bond donors (Lipinski definition) is 1. The quantitative estimate of drug-likeness (QED) is 0.817. The fraction of sp³-hybridized carbons (Fsp3) is 0.727. The van der Waals surface area contributed by atoms with Crippen LogP contribution in [0.25, 0.3) is 0 Å². The van der Waals surface area contributed by atoms with Crippen molar-refractivity contribution in [2.45, 2.75) is 38.5 Å². The minimum atomic E-state index is 0.834. The Morgan fingerprint density at radius 2 is 2.13 bits per heavy atom. The minimum absolute atomic E-state index is 0.834. The van der Waals surface area contributed by atoms with E-state index in [9.17, 15) is 0 Å². The first-order chi connectivity index (χ1) is 7.33. The lowest BCUT2D eigenvalue weighted by molar-refractivity contribution is 0.330. The third-order valence-electron chi connectivity index (χ3n) is 2.86. The molecule has 0 amide bonds. The number of thiazole rings is 1. The summed E-state index contributed by atoms with van der Waals surface area (Å²) in [5, 5.41) is 1.28. The van der Waals surface area contributed by atoms with E-state index in [2.05, 4.69) is 24.5 Å².